The van der Waals surface area contributed by atoms with Crippen LogP contribution in [0.25, 0.3) is 21.9 Å². The average molecular weight is 530 g/mol. The second-order valence-electron chi connectivity index (χ2n) is 10.3. The average Bonchev–Trinajstić information content (AvgIpc) is 3.55. The number of ether oxygens (including phenoxy) is 3. The number of aryl methyl sites for hydroxylation is 1. The van der Waals surface area contributed by atoms with Gasteiger partial charge in [0, 0.05) is 54.7 Å². The third kappa shape index (κ3) is 4.67. The van der Waals surface area contributed by atoms with E-state index in [1.54, 1.807) is 39.4 Å². The number of likely N-dealkylation sites (tertiary alicyclic amines) is 1. The van der Waals surface area contributed by atoms with Crippen LogP contribution in [0.3, 0.4) is 0 Å². The Morgan fingerprint density at radius 1 is 1.13 bits per heavy atom. The number of ketones is 1. The maximum absolute atomic E-state index is 12.3. The summed E-state index contributed by atoms with van der Waals surface area (Å²) in [6, 6.07) is 10.9. The number of furan rings is 1. The van der Waals surface area contributed by atoms with Crippen molar-refractivity contribution < 1.29 is 28.2 Å². The number of hydrogen-bond acceptors (Lipinski definition) is 8. The van der Waals surface area contributed by atoms with Gasteiger partial charge in [-0.15, -0.1) is 0 Å². The van der Waals surface area contributed by atoms with E-state index in [0.29, 0.717) is 64.4 Å². The van der Waals surface area contributed by atoms with Crippen LogP contribution < -0.4 is 19.5 Å². The Bertz CT molecular complexity index is 1590. The number of amides is 1. The summed E-state index contributed by atoms with van der Waals surface area (Å²) in [5.74, 6) is 3.13. The summed E-state index contributed by atoms with van der Waals surface area (Å²) in [4.78, 5) is 31.2. The molecule has 2 aromatic carbocycles. The molecule has 2 fully saturated rings. The molecule has 2 aliphatic rings. The number of pyridine rings is 1. The predicted molar refractivity (Wildman–Crippen MR) is 146 cm³/mol. The van der Waals surface area contributed by atoms with E-state index >= 15 is 0 Å². The van der Waals surface area contributed by atoms with Gasteiger partial charge in [0.05, 0.1) is 31.3 Å². The lowest BCUT2D eigenvalue weighted by atomic mass is 10.1. The quantitative estimate of drug-likeness (QED) is 0.306. The molecule has 1 N–H and O–H groups in total. The summed E-state index contributed by atoms with van der Waals surface area (Å²) >= 11 is 0. The van der Waals surface area contributed by atoms with Gasteiger partial charge in [-0.05, 0) is 50.5 Å². The summed E-state index contributed by atoms with van der Waals surface area (Å²) in [7, 11) is 3.20. The number of rotatable bonds is 9. The Kier molecular flexibility index (Phi) is 6.38. The van der Waals surface area contributed by atoms with Crippen LogP contribution in [-0.4, -0.2) is 62.0 Å². The van der Waals surface area contributed by atoms with Crippen LogP contribution in [0.2, 0.25) is 0 Å². The van der Waals surface area contributed by atoms with Gasteiger partial charge in [0.25, 0.3) is 5.91 Å². The first kappa shape index (κ1) is 25.2. The molecule has 6 rings (SSSR count). The van der Waals surface area contributed by atoms with E-state index in [-0.39, 0.29) is 11.3 Å². The number of fused-ring (bicyclic) bond motifs is 2. The van der Waals surface area contributed by atoms with Crippen molar-refractivity contribution in [1.82, 2.24) is 15.2 Å². The van der Waals surface area contributed by atoms with Crippen molar-refractivity contribution in [3.63, 3.8) is 0 Å². The molecule has 1 aliphatic carbocycles. The molecule has 0 atom stereocenters. The van der Waals surface area contributed by atoms with Crippen LogP contribution in [0.15, 0.2) is 47.0 Å². The van der Waals surface area contributed by atoms with E-state index in [2.05, 4.69) is 15.2 Å². The first-order valence-corrected chi connectivity index (χ1v) is 13.2. The molecule has 0 radical (unpaired) electrons. The topological polar surface area (TPSA) is 103 Å². The van der Waals surface area contributed by atoms with Gasteiger partial charge in [-0.2, -0.15) is 0 Å². The van der Waals surface area contributed by atoms with Crippen molar-refractivity contribution in [2.24, 2.45) is 5.41 Å². The minimum atomic E-state index is -0.192. The number of Topliss-reactive ketones (excluding diaryl/α,β-unsaturated/α-hetero) is 1. The molecule has 3 heterocycles. The van der Waals surface area contributed by atoms with Crippen LogP contribution in [0.5, 0.6) is 23.0 Å². The number of carbonyl (C=O) groups is 2. The lowest BCUT2D eigenvalue weighted by Crippen LogP contribution is -2.23. The number of hydrogen-bond donors (Lipinski definition) is 1. The molecule has 1 amide bonds. The zero-order valence-electron chi connectivity index (χ0n) is 22.3. The van der Waals surface area contributed by atoms with Crippen molar-refractivity contribution in [2.75, 3.05) is 40.4 Å². The van der Waals surface area contributed by atoms with Gasteiger partial charge in [0.1, 0.15) is 22.8 Å². The number of nitrogens with zero attached hydrogens (tertiary/aromatic N) is 2. The lowest BCUT2D eigenvalue weighted by Gasteiger charge is -2.16. The number of carbonyl (C=O) groups excluding carboxylic acids is 2. The van der Waals surface area contributed by atoms with Crippen LogP contribution in [0, 0.1) is 12.3 Å². The predicted octanol–water partition coefficient (Wildman–Crippen LogP) is 4.88. The minimum absolute atomic E-state index is 0.0228. The number of aromatic nitrogens is 1. The molecule has 0 bridgehead atoms. The van der Waals surface area contributed by atoms with Gasteiger partial charge in [0.15, 0.2) is 17.3 Å². The van der Waals surface area contributed by atoms with Crippen LogP contribution in [0.1, 0.15) is 35.4 Å². The minimum Gasteiger partial charge on any atom is -0.493 e. The van der Waals surface area contributed by atoms with Crippen molar-refractivity contribution in [2.45, 2.75) is 26.2 Å². The monoisotopic (exact) mass is 529 g/mol. The fourth-order valence-electron chi connectivity index (χ4n) is 5.45. The highest BCUT2D eigenvalue weighted by atomic mass is 16.5. The van der Waals surface area contributed by atoms with E-state index in [4.69, 9.17) is 18.6 Å². The van der Waals surface area contributed by atoms with Crippen molar-refractivity contribution in [3.05, 3.63) is 53.9 Å². The Hall–Kier alpha value is -4.11. The maximum atomic E-state index is 12.3. The van der Waals surface area contributed by atoms with E-state index in [0.717, 1.165) is 43.1 Å². The fourth-order valence-corrected chi connectivity index (χ4v) is 5.45. The standard InChI is InChI=1S/C30H31N3O6/c1-18-28(29(35)31-2)20-6-5-19(13-24(20)38-18)39-23-7-10-32-22-15-26(25(36-3)14-21(22)23)37-12-4-11-33-16-27(34)30(17-33)8-9-30/h5-7,10,13-15H,4,8-9,11-12,16-17H2,1-3H3,(H,31,35). The summed E-state index contributed by atoms with van der Waals surface area (Å²) < 4.78 is 23.8. The van der Waals surface area contributed by atoms with Crippen molar-refractivity contribution in [1.29, 1.82) is 0 Å². The fraction of sp³-hybridized carbons (Fsp3) is 0.367. The van der Waals surface area contributed by atoms with Crippen LogP contribution in [-0.2, 0) is 4.79 Å². The zero-order chi connectivity index (χ0) is 27.1. The molecule has 1 aliphatic heterocycles. The third-order valence-corrected chi connectivity index (χ3v) is 7.72. The molecular formula is C30H31N3O6. The van der Waals surface area contributed by atoms with Gasteiger partial charge in [0.2, 0.25) is 0 Å². The first-order chi connectivity index (χ1) is 18.9. The largest absolute Gasteiger partial charge is 0.493 e. The normalized spacial score (nSPS) is 16.2. The lowest BCUT2D eigenvalue weighted by molar-refractivity contribution is -0.120. The number of benzene rings is 2. The highest BCUT2D eigenvalue weighted by molar-refractivity contribution is 6.07. The number of nitrogens with one attached hydrogen (secondary N) is 1. The Morgan fingerprint density at radius 2 is 1.97 bits per heavy atom. The molecule has 39 heavy (non-hydrogen) atoms. The van der Waals surface area contributed by atoms with Gasteiger partial charge in [-0.1, -0.05) is 0 Å². The molecule has 2 aromatic heterocycles. The summed E-state index contributed by atoms with van der Waals surface area (Å²) in [5.41, 5.74) is 1.78. The van der Waals surface area contributed by atoms with Gasteiger partial charge in [-0.3, -0.25) is 19.5 Å². The summed E-state index contributed by atoms with van der Waals surface area (Å²) in [6.07, 6.45) is 4.59. The molecule has 0 unspecified atom stereocenters. The van der Waals surface area contributed by atoms with E-state index in [1.165, 1.54) is 0 Å². The van der Waals surface area contributed by atoms with Crippen molar-refractivity contribution >= 4 is 33.6 Å². The highest BCUT2D eigenvalue weighted by Gasteiger charge is 2.54. The Labute approximate surface area is 226 Å². The van der Waals surface area contributed by atoms with E-state index < -0.39 is 0 Å². The second kappa shape index (κ2) is 9.89. The zero-order valence-corrected chi connectivity index (χ0v) is 22.3. The Balaban J connectivity index is 1.17. The first-order valence-electron chi connectivity index (χ1n) is 13.2. The molecule has 4 aromatic rings. The van der Waals surface area contributed by atoms with E-state index in [1.807, 2.05) is 24.3 Å². The van der Waals surface area contributed by atoms with Crippen LogP contribution >= 0.6 is 0 Å². The molecule has 1 saturated carbocycles. The maximum Gasteiger partial charge on any atom is 0.255 e. The summed E-state index contributed by atoms with van der Waals surface area (Å²) in [5, 5.41) is 4.15. The van der Waals surface area contributed by atoms with Crippen LogP contribution in [0.4, 0.5) is 0 Å². The Morgan fingerprint density at radius 3 is 2.72 bits per heavy atom. The number of methoxy groups -OCH3 is 1. The van der Waals surface area contributed by atoms with Gasteiger partial charge >= 0.3 is 0 Å². The SMILES string of the molecule is CNC(=O)c1c(C)oc2cc(Oc3ccnc4cc(OCCCN5CC(=O)C6(CC6)C5)c(OC)cc34)ccc12. The summed E-state index contributed by atoms with van der Waals surface area (Å²) in [6.45, 7) is 4.57. The molecule has 1 spiro atoms. The molecular weight excluding hydrogens is 498 g/mol. The van der Waals surface area contributed by atoms with E-state index in [9.17, 15) is 9.59 Å². The smallest absolute Gasteiger partial charge is 0.255 e. The van der Waals surface area contributed by atoms with Crippen molar-refractivity contribution in [3.8, 4) is 23.0 Å². The molecule has 1 saturated heterocycles. The van der Waals surface area contributed by atoms with Gasteiger partial charge in [-0.25, -0.2) is 0 Å². The molecule has 9 nitrogen and oxygen atoms in total. The highest BCUT2D eigenvalue weighted by Crippen LogP contribution is 2.50. The third-order valence-electron chi connectivity index (χ3n) is 7.72. The molecule has 202 valence electrons. The molecule has 9 heteroatoms. The van der Waals surface area contributed by atoms with Gasteiger partial charge < -0.3 is 23.9 Å². The second-order valence-corrected chi connectivity index (χ2v) is 10.3.